The minimum absolute atomic E-state index is 0.00459. The third kappa shape index (κ3) is 3.15. The largest absolute Gasteiger partial charge is 0.289 e. The number of rotatable bonds is 1. The maximum atomic E-state index is 12.0. The molecule has 0 bridgehead atoms. The van der Waals surface area contributed by atoms with Crippen LogP contribution in [0.2, 0.25) is 0 Å². The highest BCUT2D eigenvalue weighted by molar-refractivity contribution is 9.10. The van der Waals surface area contributed by atoms with Gasteiger partial charge in [0.2, 0.25) is 0 Å². The fraction of sp³-hybridized carbons (Fsp3) is 0.133. The second kappa shape index (κ2) is 5.45. The summed E-state index contributed by atoms with van der Waals surface area (Å²) in [5.74, 6) is -0.319. The normalized spacial score (nSPS) is 14.9. The maximum Gasteiger partial charge on any atom is 0.277 e. The van der Waals surface area contributed by atoms with Crippen molar-refractivity contribution in [3.05, 3.63) is 57.6 Å². The van der Waals surface area contributed by atoms with Crippen LogP contribution >= 0.6 is 15.9 Å². The van der Waals surface area contributed by atoms with Crippen LogP contribution in [0.25, 0.3) is 0 Å². The average Bonchev–Trinajstić information content (AvgIpc) is 2.36. The third-order valence-corrected chi connectivity index (χ3v) is 3.30. The Kier molecular flexibility index (Phi) is 3.90. The molecule has 4 heteroatoms. The zero-order valence-corrected chi connectivity index (χ0v) is 12.2. The minimum atomic E-state index is -0.315. The molecule has 1 aromatic carbocycles. The number of allylic oxidation sites excluding steroid dienone is 4. The van der Waals surface area contributed by atoms with E-state index in [4.69, 9.17) is 0 Å². The van der Waals surface area contributed by atoms with E-state index in [0.29, 0.717) is 22.4 Å². The zero-order valence-electron chi connectivity index (χ0n) is 10.6. The van der Waals surface area contributed by atoms with Gasteiger partial charge in [0.05, 0.1) is 5.71 Å². The number of benzene rings is 1. The number of amides is 1. The predicted molar refractivity (Wildman–Crippen MR) is 78.4 cm³/mol. The molecule has 96 valence electrons. The van der Waals surface area contributed by atoms with Crippen LogP contribution in [-0.4, -0.2) is 17.4 Å². The molecule has 0 heterocycles. The summed E-state index contributed by atoms with van der Waals surface area (Å²) in [6.07, 6.45) is 3.26. The molecule has 1 aliphatic rings. The van der Waals surface area contributed by atoms with Crippen molar-refractivity contribution in [3.63, 3.8) is 0 Å². The Morgan fingerprint density at radius 1 is 1.05 bits per heavy atom. The van der Waals surface area contributed by atoms with Crippen molar-refractivity contribution in [2.24, 2.45) is 4.99 Å². The lowest BCUT2D eigenvalue weighted by Gasteiger charge is -2.08. The van der Waals surface area contributed by atoms with Crippen LogP contribution in [0.3, 0.4) is 0 Å². The summed E-state index contributed by atoms with van der Waals surface area (Å²) >= 11 is 3.31. The fourth-order valence-electron chi connectivity index (χ4n) is 1.77. The molecule has 0 spiro atoms. The SMILES string of the molecule is CC1=CC(=NC(=O)c2ccc(Br)cc2)C=C(C)C1=O. The highest BCUT2D eigenvalue weighted by atomic mass is 79.9. The van der Waals surface area contributed by atoms with Gasteiger partial charge in [0.15, 0.2) is 5.78 Å². The van der Waals surface area contributed by atoms with Crippen molar-refractivity contribution in [3.8, 4) is 0 Å². The van der Waals surface area contributed by atoms with Crippen LogP contribution < -0.4 is 0 Å². The van der Waals surface area contributed by atoms with Crippen molar-refractivity contribution < 1.29 is 9.59 Å². The number of hydrogen-bond donors (Lipinski definition) is 0. The summed E-state index contributed by atoms with van der Waals surface area (Å²) in [7, 11) is 0. The first-order valence-corrected chi connectivity index (χ1v) is 6.56. The van der Waals surface area contributed by atoms with Crippen LogP contribution in [0, 0.1) is 0 Å². The lowest BCUT2D eigenvalue weighted by molar-refractivity contribution is -0.112. The van der Waals surface area contributed by atoms with Gasteiger partial charge in [-0.05, 0) is 61.4 Å². The first-order chi connectivity index (χ1) is 8.97. The van der Waals surface area contributed by atoms with Gasteiger partial charge in [-0.25, -0.2) is 4.99 Å². The van der Waals surface area contributed by atoms with Crippen molar-refractivity contribution in [1.82, 2.24) is 0 Å². The number of halogens is 1. The molecule has 1 aromatic rings. The van der Waals surface area contributed by atoms with Gasteiger partial charge >= 0.3 is 0 Å². The highest BCUT2D eigenvalue weighted by Gasteiger charge is 2.14. The third-order valence-electron chi connectivity index (χ3n) is 2.77. The van der Waals surface area contributed by atoms with E-state index < -0.39 is 0 Å². The van der Waals surface area contributed by atoms with Gasteiger partial charge in [-0.15, -0.1) is 0 Å². The number of aliphatic imine (C=N–C) groups is 1. The second-order valence-corrected chi connectivity index (χ2v) is 5.25. The Bertz CT molecular complexity index is 613. The number of hydrogen-bond acceptors (Lipinski definition) is 2. The summed E-state index contributed by atoms with van der Waals surface area (Å²) in [6.45, 7) is 3.44. The van der Waals surface area contributed by atoms with Crippen LogP contribution in [0.5, 0.6) is 0 Å². The second-order valence-electron chi connectivity index (χ2n) is 4.33. The Labute approximate surface area is 119 Å². The summed E-state index contributed by atoms with van der Waals surface area (Å²) in [5.41, 5.74) is 2.23. The van der Waals surface area contributed by atoms with Gasteiger partial charge in [-0.2, -0.15) is 0 Å². The zero-order chi connectivity index (χ0) is 14.0. The first kappa shape index (κ1) is 13.6. The van der Waals surface area contributed by atoms with Gasteiger partial charge in [-0.3, -0.25) is 9.59 Å². The lowest BCUT2D eigenvalue weighted by Crippen LogP contribution is -2.11. The first-order valence-electron chi connectivity index (χ1n) is 5.77. The monoisotopic (exact) mass is 317 g/mol. The Hall–Kier alpha value is -1.81. The summed E-state index contributed by atoms with van der Waals surface area (Å²) in [4.78, 5) is 27.6. The van der Waals surface area contributed by atoms with E-state index in [0.717, 1.165) is 4.47 Å². The lowest BCUT2D eigenvalue weighted by atomic mass is 9.98. The number of Topliss-reactive ketones (excluding diaryl/α,β-unsaturated/α-hetero) is 1. The number of ketones is 1. The van der Waals surface area contributed by atoms with Crippen LogP contribution in [-0.2, 0) is 4.79 Å². The number of carbonyl (C=O) groups is 2. The highest BCUT2D eigenvalue weighted by Crippen LogP contribution is 2.14. The molecule has 0 fully saturated rings. The molecule has 0 aliphatic heterocycles. The van der Waals surface area contributed by atoms with Crippen molar-refractivity contribution in [1.29, 1.82) is 0 Å². The summed E-state index contributed by atoms with van der Waals surface area (Å²) < 4.78 is 0.909. The topological polar surface area (TPSA) is 46.5 Å². The standard InChI is InChI=1S/C15H12BrNO2/c1-9-7-13(8-10(2)14(9)18)17-15(19)11-3-5-12(16)6-4-11/h3-8H,1-2H3. The van der Waals surface area contributed by atoms with Gasteiger partial charge in [0, 0.05) is 10.0 Å². The molecule has 0 saturated heterocycles. The molecule has 3 nitrogen and oxygen atoms in total. The van der Waals surface area contributed by atoms with E-state index in [9.17, 15) is 9.59 Å². The van der Waals surface area contributed by atoms with Crippen LogP contribution in [0.1, 0.15) is 24.2 Å². The molecule has 1 aliphatic carbocycles. The van der Waals surface area contributed by atoms with E-state index in [2.05, 4.69) is 20.9 Å². The van der Waals surface area contributed by atoms with E-state index in [1.165, 1.54) is 0 Å². The predicted octanol–water partition coefficient (Wildman–Crippen LogP) is 3.51. The van der Waals surface area contributed by atoms with E-state index in [-0.39, 0.29) is 11.7 Å². The van der Waals surface area contributed by atoms with Gasteiger partial charge in [0.25, 0.3) is 5.91 Å². The molecule has 0 saturated carbocycles. The van der Waals surface area contributed by atoms with Gasteiger partial charge in [-0.1, -0.05) is 15.9 Å². The van der Waals surface area contributed by atoms with Crippen LogP contribution in [0.4, 0.5) is 0 Å². The van der Waals surface area contributed by atoms with Gasteiger partial charge < -0.3 is 0 Å². The van der Waals surface area contributed by atoms with E-state index >= 15 is 0 Å². The van der Waals surface area contributed by atoms with Crippen LogP contribution in [0.15, 0.2) is 57.0 Å². The molecule has 2 rings (SSSR count). The number of nitrogens with zero attached hydrogens (tertiary/aromatic N) is 1. The molecule has 19 heavy (non-hydrogen) atoms. The molecule has 0 N–H and O–H groups in total. The number of carbonyl (C=O) groups excluding carboxylic acids is 2. The van der Waals surface area contributed by atoms with Crippen molar-refractivity contribution in [2.45, 2.75) is 13.8 Å². The Balaban J connectivity index is 2.29. The summed E-state index contributed by atoms with van der Waals surface area (Å²) in [6, 6.07) is 7.00. The maximum absolute atomic E-state index is 12.0. The minimum Gasteiger partial charge on any atom is -0.289 e. The Morgan fingerprint density at radius 2 is 1.58 bits per heavy atom. The fourth-order valence-corrected chi connectivity index (χ4v) is 2.03. The van der Waals surface area contributed by atoms with Crippen molar-refractivity contribution in [2.75, 3.05) is 0 Å². The molecule has 1 amide bonds. The average molecular weight is 318 g/mol. The molecule has 0 unspecified atom stereocenters. The van der Waals surface area contributed by atoms with Gasteiger partial charge in [0.1, 0.15) is 0 Å². The Morgan fingerprint density at radius 3 is 2.11 bits per heavy atom. The molecular weight excluding hydrogens is 306 g/mol. The smallest absolute Gasteiger partial charge is 0.277 e. The molecule has 0 atom stereocenters. The quantitative estimate of drug-likeness (QED) is 0.744. The summed E-state index contributed by atoms with van der Waals surface area (Å²) in [5, 5.41) is 0. The van der Waals surface area contributed by atoms with Crippen molar-refractivity contribution >= 4 is 33.3 Å². The molecule has 0 radical (unpaired) electrons. The molecular formula is C15H12BrNO2. The van der Waals surface area contributed by atoms with E-state index in [1.54, 1.807) is 50.3 Å². The van der Waals surface area contributed by atoms with E-state index in [1.807, 2.05) is 0 Å². The molecule has 0 aromatic heterocycles.